The molecule has 0 unspecified atom stereocenters. The lowest BCUT2D eigenvalue weighted by Gasteiger charge is -2.26. The van der Waals surface area contributed by atoms with E-state index in [9.17, 15) is 4.79 Å². The number of fused-ring (bicyclic) bond motifs is 3. The number of benzene rings is 4. The van der Waals surface area contributed by atoms with E-state index in [1.807, 2.05) is 115 Å². The summed E-state index contributed by atoms with van der Waals surface area (Å²) in [5.41, 5.74) is 3.81. The van der Waals surface area contributed by atoms with Crippen molar-refractivity contribution in [3.8, 4) is 5.75 Å². The van der Waals surface area contributed by atoms with E-state index in [1.54, 1.807) is 0 Å². The van der Waals surface area contributed by atoms with Crippen molar-refractivity contribution in [1.29, 1.82) is 0 Å². The molecular formula is C29H25NO3. The van der Waals surface area contributed by atoms with Crippen LogP contribution in [0.4, 0.5) is 0 Å². The molecule has 1 atom stereocenters. The highest BCUT2D eigenvalue weighted by atomic mass is 16.5. The monoisotopic (exact) mass is 435 g/mol. The van der Waals surface area contributed by atoms with Gasteiger partial charge in [-0.3, -0.25) is 4.79 Å². The molecule has 0 spiro atoms. The molecule has 0 aliphatic carbocycles. The Morgan fingerprint density at radius 3 is 2.00 bits per heavy atom. The zero-order chi connectivity index (χ0) is 22.6. The Kier molecular flexibility index (Phi) is 5.81. The molecule has 33 heavy (non-hydrogen) atoms. The predicted octanol–water partition coefficient (Wildman–Crippen LogP) is 6.58. The standard InChI is InChI=1S/C29H25NO3/c1-21(32-24-16-17-28-26(18-24)25-14-8-9-15-27(25)33-28)29(31)30(19-22-10-4-2-5-11-22)20-23-12-6-3-7-13-23/h2-18,21H,19-20H2,1H3/t21-/m0/s1. The smallest absolute Gasteiger partial charge is 0.263 e. The van der Waals surface area contributed by atoms with E-state index in [1.165, 1.54) is 0 Å². The molecule has 1 amide bonds. The van der Waals surface area contributed by atoms with Gasteiger partial charge in [0.15, 0.2) is 6.10 Å². The number of rotatable bonds is 7. The van der Waals surface area contributed by atoms with Gasteiger partial charge < -0.3 is 14.1 Å². The average Bonchev–Trinajstić information content (AvgIpc) is 3.22. The summed E-state index contributed by atoms with van der Waals surface area (Å²) in [6.45, 7) is 2.85. The van der Waals surface area contributed by atoms with Crippen LogP contribution >= 0.6 is 0 Å². The summed E-state index contributed by atoms with van der Waals surface area (Å²) < 4.78 is 12.0. The predicted molar refractivity (Wildman–Crippen MR) is 131 cm³/mol. The molecule has 1 heterocycles. The van der Waals surface area contributed by atoms with Gasteiger partial charge >= 0.3 is 0 Å². The molecule has 5 rings (SSSR count). The second-order valence-corrected chi connectivity index (χ2v) is 8.18. The molecule has 1 aromatic heterocycles. The minimum absolute atomic E-state index is 0.0557. The lowest BCUT2D eigenvalue weighted by Crippen LogP contribution is -2.39. The van der Waals surface area contributed by atoms with Crippen molar-refractivity contribution in [3.05, 3.63) is 114 Å². The molecule has 4 aromatic carbocycles. The largest absolute Gasteiger partial charge is 0.481 e. The van der Waals surface area contributed by atoms with E-state index in [0.29, 0.717) is 18.8 Å². The first-order chi connectivity index (χ1) is 16.2. The highest BCUT2D eigenvalue weighted by molar-refractivity contribution is 6.05. The van der Waals surface area contributed by atoms with Gasteiger partial charge in [0.05, 0.1) is 0 Å². The number of hydrogen-bond acceptors (Lipinski definition) is 3. The summed E-state index contributed by atoms with van der Waals surface area (Å²) in [6, 6.07) is 33.7. The topological polar surface area (TPSA) is 42.7 Å². The van der Waals surface area contributed by atoms with Gasteiger partial charge in [-0.05, 0) is 42.3 Å². The number of carbonyl (C=O) groups excluding carboxylic acids is 1. The number of carbonyl (C=O) groups is 1. The van der Waals surface area contributed by atoms with Gasteiger partial charge in [0.25, 0.3) is 5.91 Å². The maximum Gasteiger partial charge on any atom is 0.263 e. The summed E-state index contributed by atoms with van der Waals surface area (Å²) in [5, 5.41) is 2.01. The Labute approximate surface area is 193 Å². The second kappa shape index (κ2) is 9.21. The second-order valence-electron chi connectivity index (χ2n) is 8.18. The Morgan fingerprint density at radius 1 is 0.758 bits per heavy atom. The van der Waals surface area contributed by atoms with E-state index in [0.717, 1.165) is 33.1 Å². The number of para-hydroxylation sites is 1. The van der Waals surface area contributed by atoms with Gasteiger partial charge in [-0.25, -0.2) is 0 Å². The summed E-state index contributed by atoms with van der Waals surface area (Å²) in [6.07, 6.45) is -0.631. The molecule has 0 fully saturated rings. The Bertz CT molecular complexity index is 1330. The Morgan fingerprint density at radius 2 is 1.33 bits per heavy atom. The van der Waals surface area contributed by atoms with Crippen LogP contribution in [-0.4, -0.2) is 16.9 Å². The van der Waals surface area contributed by atoms with Gasteiger partial charge in [0.1, 0.15) is 16.9 Å². The fourth-order valence-corrected chi connectivity index (χ4v) is 4.11. The zero-order valence-electron chi connectivity index (χ0n) is 18.5. The van der Waals surface area contributed by atoms with E-state index in [2.05, 4.69) is 0 Å². The van der Waals surface area contributed by atoms with Crippen LogP contribution in [0.1, 0.15) is 18.1 Å². The van der Waals surface area contributed by atoms with Crippen molar-refractivity contribution in [1.82, 2.24) is 4.90 Å². The van der Waals surface area contributed by atoms with Crippen molar-refractivity contribution in [3.63, 3.8) is 0 Å². The molecule has 5 aromatic rings. The molecule has 0 radical (unpaired) electrons. The summed E-state index contributed by atoms with van der Waals surface area (Å²) >= 11 is 0. The van der Waals surface area contributed by atoms with Crippen molar-refractivity contribution in [2.45, 2.75) is 26.1 Å². The van der Waals surface area contributed by atoms with E-state index in [-0.39, 0.29) is 5.91 Å². The lowest BCUT2D eigenvalue weighted by molar-refractivity contribution is -0.139. The molecule has 0 saturated heterocycles. The van der Waals surface area contributed by atoms with Crippen LogP contribution in [0.15, 0.2) is 108 Å². The quantitative estimate of drug-likeness (QED) is 0.290. The van der Waals surface area contributed by atoms with Crippen molar-refractivity contribution >= 4 is 27.8 Å². The maximum absolute atomic E-state index is 13.5. The van der Waals surface area contributed by atoms with E-state index >= 15 is 0 Å². The van der Waals surface area contributed by atoms with Gasteiger partial charge in [0.2, 0.25) is 0 Å². The SMILES string of the molecule is C[C@H](Oc1ccc2oc3ccccc3c2c1)C(=O)N(Cc1ccccc1)Cc1ccccc1. The lowest BCUT2D eigenvalue weighted by atomic mass is 10.1. The summed E-state index contributed by atoms with van der Waals surface area (Å²) in [5.74, 6) is 0.592. The molecular weight excluding hydrogens is 410 g/mol. The molecule has 0 aliphatic heterocycles. The molecule has 164 valence electrons. The molecule has 0 saturated carbocycles. The van der Waals surface area contributed by atoms with Crippen LogP contribution in [0.25, 0.3) is 21.9 Å². The third kappa shape index (κ3) is 4.60. The van der Waals surface area contributed by atoms with Gasteiger partial charge in [-0.15, -0.1) is 0 Å². The number of nitrogens with zero attached hydrogens (tertiary/aromatic N) is 1. The molecule has 0 bridgehead atoms. The molecule has 0 N–H and O–H groups in total. The third-order valence-electron chi connectivity index (χ3n) is 5.75. The first-order valence-electron chi connectivity index (χ1n) is 11.1. The van der Waals surface area contributed by atoms with Crippen molar-refractivity contribution in [2.75, 3.05) is 0 Å². The van der Waals surface area contributed by atoms with E-state index < -0.39 is 6.10 Å². The van der Waals surface area contributed by atoms with Crippen LogP contribution in [0.5, 0.6) is 5.75 Å². The Balaban J connectivity index is 1.38. The normalized spacial score (nSPS) is 12.0. The number of ether oxygens (including phenoxy) is 1. The highest BCUT2D eigenvalue weighted by Gasteiger charge is 2.23. The fourth-order valence-electron chi connectivity index (χ4n) is 4.11. The third-order valence-corrected chi connectivity index (χ3v) is 5.75. The van der Waals surface area contributed by atoms with Crippen LogP contribution < -0.4 is 4.74 Å². The van der Waals surface area contributed by atoms with Gasteiger partial charge in [-0.2, -0.15) is 0 Å². The van der Waals surface area contributed by atoms with Crippen LogP contribution in [0.2, 0.25) is 0 Å². The first kappa shape index (κ1) is 20.8. The summed E-state index contributed by atoms with van der Waals surface area (Å²) in [4.78, 5) is 15.3. The summed E-state index contributed by atoms with van der Waals surface area (Å²) in [7, 11) is 0. The molecule has 4 nitrogen and oxygen atoms in total. The number of amides is 1. The minimum atomic E-state index is -0.631. The maximum atomic E-state index is 13.5. The fraction of sp³-hybridized carbons (Fsp3) is 0.138. The minimum Gasteiger partial charge on any atom is -0.481 e. The molecule has 4 heteroatoms. The van der Waals surface area contributed by atoms with Crippen LogP contribution in [-0.2, 0) is 17.9 Å². The van der Waals surface area contributed by atoms with Gasteiger partial charge in [-0.1, -0.05) is 78.9 Å². The number of furan rings is 1. The van der Waals surface area contributed by atoms with Gasteiger partial charge in [0, 0.05) is 23.9 Å². The number of hydrogen-bond donors (Lipinski definition) is 0. The van der Waals surface area contributed by atoms with Crippen molar-refractivity contribution in [2.24, 2.45) is 0 Å². The van der Waals surface area contributed by atoms with Crippen LogP contribution in [0.3, 0.4) is 0 Å². The van der Waals surface area contributed by atoms with Crippen LogP contribution in [0, 0.1) is 0 Å². The average molecular weight is 436 g/mol. The Hall–Kier alpha value is -4.05. The first-order valence-corrected chi connectivity index (χ1v) is 11.1. The highest BCUT2D eigenvalue weighted by Crippen LogP contribution is 2.31. The van der Waals surface area contributed by atoms with E-state index in [4.69, 9.17) is 9.15 Å². The van der Waals surface area contributed by atoms with Crippen molar-refractivity contribution < 1.29 is 13.9 Å². The zero-order valence-corrected chi connectivity index (χ0v) is 18.5. The molecule has 0 aliphatic rings.